The lowest BCUT2D eigenvalue weighted by Gasteiger charge is -2.37. The number of nitrogens with zero attached hydrogens (tertiary/aromatic N) is 3. The molecule has 0 unspecified atom stereocenters. The Morgan fingerprint density at radius 2 is 2.17 bits per heavy atom. The minimum absolute atomic E-state index is 0.0313. The predicted octanol–water partition coefficient (Wildman–Crippen LogP) is 4.07. The van der Waals surface area contributed by atoms with Crippen molar-refractivity contribution in [1.29, 1.82) is 0 Å². The molecule has 5 heteroatoms. The van der Waals surface area contributed by atoms with E-state index in [4.69, 9.17) is 0 Å². The van der Waals surface area contributed by atoms with Gasteiger partial charge in [0.2, 0.25) is 0 Å². The van der Waals surface area contributed by atoms with Gasteiger partial charge in [-0.3, -0.25) is 4.68 Å². The number of hydrogen-bond acceptors (Lipinski definition) is 2. The van der Waals surface area contributed by atoms with Crippen molar-refractivity contribution in [1.82, 2.24) is 14.7 Å². The van der Waals surface area contributed by atoms with E-state index < -0.39 is 0 Å². The number of likely N-dealkylation sites (tertiary alicyclic amines) is 1. The fourth-order valence-electron chi connectivity index (χ4n) is 3.56. The first-order chi connectivity index (χ1) is 10.9. The summed E-state index contributed by atoms with van der Waals surface area (Å²) in [4.78, 5) is 14.6. The first-order valence-electron chi connectivity index (χ1n) is 8.97. The Morgan fingerprint density at radius 1 is 1.43 bits per heavy atom. The molecular formula is C18H30N4O. The van der Waals surface area contributed by atoms with Gasteiger partial charge in [0.15, 0.2) is 0 Å². The molecule has 1 saturated carbocycles. The zero-order valence-electron chi connectivity index (χ0n) is 14.9. The predicted molar refractivity (Wildman–Crippen MR) is 92.6 cm³/mol. The molecule has 2 aliphatic rings. The highest BCUT2D eigenvalue weighted by Crippen LogP contribution is 2.43. The zero-order valence-corrected chi connectivity index (χ0v) is 14.9. The minimum atomic E-state index is 0.0313. The summed E-state index contributed by atoms with van der Waals surface area (Å²) in [6.07, 6.45) is 6.54. The van der Waals surface area contributed by atoms with Gasteiger partial charge in [0.1, 0.15) is 0 Å². The van der Waals surface area contributed by atoms with Crippen LogP contribution in [0, 0.1) is 11.3 Å². The van der Waals surface area contributed by atoms with Crippen LogP contribution in [0.15, 0.2) is 6.20 Å². The van der Waals surface area contributed by atoms with Gasteiger partial charge in [-0.1, -0.05) is 27.7 Å². The number of urea groups is 1. The number of carbonyl (C=O) groups is 1. The number of nitrogens with one attached hydrogen (secondary N) is 1. The van der Waals surface area contributed by atoms with Gasteiger partial charge in [-0.25, -0.2) is 4.79 Å². The molecule has 5 nitrogen and oxygen atoms in total. The Morgan fingerprint density at radius 3 is 2.78 bits per heavy atom. The van der Waals surface area contributed by atoms with E-state index in [0.717, 1.165) is 31.7 Å². The summed E-state index contributed by atoms with van der Waals surface area (Å²) in [7, 11) is 0. The normalized spacial score (nSPS) is 20.8. The summed E-state index contributed by atoms with van der Waals surface area (Å²) in [5.74, 6) is 1.13. The number of rotatable bonds is 4. The van der Waals surface area contributed by atoms with Crippen molar-refractivity contribution >= 4 is 11.7 Å². The van der Waals surface area contributed by atoms with Gasteiger partial charge in [0.05, 0.1) is 17.6 Å². The summed E-state index contributed by atoms with van der Waals surface area (Å²) >= 11 is 0. The monoisotopic (exact) mass is 318 g/mol. The van der Waals surface area contributed by atoms with Crippen LogP contribution < -0.4 is 5.32 Å². The summed E-state index contributed by atoms with van der Waals surface area (Å²) in [6.45, 7) is 11.5. The lowest BCUT2D eigenvalue weighted by Crippen LogP contribution is -2.45. The second-order valence-electron chi connectivity index (χ2n) is 8.41. The second-order valence-corrected chi connectivity index (χ2v) is 8.41. The van der Waals surface area contributed by atoms with Crippen molar-refractivity contribution in [2.24, 2.45) is 11.3 Å². The van der Waals surface area contributed by atoms with Crippen molar-refractivity contribution < 1.29 is 4.79 Å². The van der Waals surface area contributed by atoms with E-state index in [9.17, 15) is 4.79 Å². The van der Waals surface area contributed by atoms with Crippen molar-refractivity contribution in [2.45, 2.75) is 65.8 Å². The number of aromatic nitrogens is 2. The van der Waals surface area contributed by atoms with E-state index in [0.29, 0.717) is 11.8 Å². The maximum Gasteiger partial charge on any atom is 0.321 e. The van der Waals surface area contributed by atoms with Crippen LogP contribution in [-0.2, 0) is 6.54 Å². The lowest BCUT2D eigenvalue weighted by atomic mass is 9.84. The van der Waals surface area contributed by atoms with Crippen LogP contribution in [-0.4, -0.2) is 33.8 Å². The third-order valence-corrected chi connectivity index (χ3v) is 4.81. The Kier molecular flexibility index (Phi) is 4.39. The molecule has 1 aromatic heterocycles. The molecular weight excluding hydrogens is 288 g/mol. The molecule has 2 heterocycles. The van der Waals surface area contributed by atoms with Gasteiger partial charge in [-0.2, -0.15) is 5.10 Å². The molecule has 3 rings (SSSR count). The number of carbonyl (C=O) groups excluding carboxylic acids is 1. The molecule has 128 valence electrons. The van der Waals surface area contributed by atoms with Gasteiger partial charge in [0, 0.05) is 25.6 Å². The zero-order chi connectivity index (χ0) is 16.6. The Hall–Kier alpha value is -1.52. The molecule has 23 heavy (non-hydrogen) atoms. The molecule has 1 N–H and O–H groups in total. The molecule has 1 aliphatic heterocycles. The standard InChI is InChI=1S/C18H30N4O/c1-13(2)11-22-16(14-6-7-14)15(10-19-22)20-17(23)21-9-5-8-18(3,4)12-21/h10,13-14H,5-9,11-12H2,1-4H3,(H,20,23). The van der Waals surface area contributed by atoms with Crippen molar-refractivity contribution in [3.05, 3.63) is 11.9 Å². The molecule has 0 radical (unpaired) electrons. The van der Waals surface area contributed by atoms with Crippen molar-refractivity contribution in [3.63, 3.8) is 0 Å². The highest BCUT2D eigenvalue weighted by Gasteiger charge is 2.33. The largest absolute Gasteiger partial charge is 0.324 e. The first kappa shape index (κ1) is 16.3. The Bertz CT molecular complexity index is 572. The fourth-order valence-corrected chi connectivity index (χ4v) is 3.56. The average Bonchev–Trinajstić information content (AvgIpc) is 3.21. The number of hydrogen-bond donors (Lipinski definition) is 1. The molecule has 1 saturated heterocycles. The van der Waals surface area contributed by atoms with Crippen LogP contribution in [0.25, 0.3) is 0 Å². The highest BCUT2D eigenvalue weighted by molar-refractivity contribution is 5.90. The summed E-state index contributed by atoms with van der Waals surface area (Å²) < 4.78 is 2.10. The molecule has 1 aromatic rings. The van der Waals surface area contributed by atoms with Crippen molar-refractivity contribution in [2.75, 3.05) is 18.4 Å². The summed E-state index contributed by atoms with van der Waals surface area (Å²) in [5, 5.41) is 7.66. The highest BCUT2D eigenvalue weighted by atomic mass is 16.2. The van der Waals surface area contributed by atoms with E-state index in [1.165, 1.54) is 25.0 Å². The third kappa shape index (κ3) is 3.88. The molecule has 0 spiro atoms. The molecule has 1 aliphatic carbocycles. The minimum Gasteiger partial charge on any atom is -0.324 e. The third-order valence-electron chi connectivity index (χ3n) is 4.81. The van der Waals surface area contributed by atoms with Crippen LogP contribution in [0.3, 0.4) is 0 Å². The van der Waals surface area contributed by atoms with Crippen LogP contribution in [0.4, 0.5) is 10.5 Å². The lowest BCUT2D eigenvalue weighted by molar-refractivity contribution is 0.138. The van der Waals surface area contributed by atoms with Crippen LogP contribution >= 0.6 is 0 Å². The van der Waals surface area contributed by atoms with E-state index >= 15 is 0 Å². The smallest absolute Gasteiger partial charge is 0.321 e. The van der Waals surface area contributed by atoms with E-state index in [2.05, 4.69) is 42.8 Å². The number of piperidine rings is 1. The maximum absolute atomic E-state index is 12.7. The second kappa shape index (κ2) is 6.17. The number of anilines is 1. The van der Waals surface area contributed by atoms with Gasteiger partial charge in [0.25, 0.3) is 0 Å². The van der Waals surface area contributed by atoms with Gasteiger partial charge in [-0.15, -0.1) is 0 Å². The Balaban J connectivity index is 1.72. The van der Waals surface area contributed by atoms with Gasteiger partial charge < -0.3 is 10.2 Å². The fraction of sp³-hybridized carbons (Fsp3) is 0.778. The quantitative estimate of drug-likeness (QED) is 0.909. The average molecular weight is 318 g/mol. The first-order valence-corrected chi connectivity index (χ1v) is 8.97. The van der Waals surface area contributed by atoms with E-state index in [1.807, 2.05) is 11.1 Å². The SMILES string of the molecule is CC(C)Cn1ncc(NC(=O)N2CCCC(C)(C)C2)c1C1CC1. The van der Waals surface area contributed by atoms with E-state index in [1.54, 1.807) is 0 Å². The number of amides is 2. The van der Waals surface area contributed by atoms with E-state index in [-0.39, 0.29) is 11.4 Å². The van der Waals surface area contributed by atoms with Gasteiger partial charge >= 0.3 is 6.03 Å². The summed E-state index contributed by atoms with van der Waals surface area (Å²) in [6, 6.07) is 0.0313. The molecule has 0 aromatic carbocycles. The molecule has 0 bridgehead atoms. The topological polar surface area (TPSA) is 50.2 Å². The van der Waals surface area contributed by atoms with Crippen molar-refractivity contribution in [3.8, 4) is 0 Å². The summed E-state index contributed by atoms with van der Waals surface area (Å²) in [5.41, 5.74) is 2.36. The maximum atomic E-state index is 12.7. The molecule has 2 fully saturated rings. The van der Waals surface area contributed by atoms with Crippen LogP contribution in [0.1, 0.15) is 65.0 Å². The van der Waals surface area contributed by atoms with Crippen LogP contribution in [0.2, 0.25) is 0 Å². The van der Waals surface area contributed by atoms with Gasteiger partial charge in [-0.05, 0) is 37.0 Å². The Labute approximate surface area is 139 Å². The molecule has 0 atom stereocenters. The van der Waals surface area contributed by atoms with Crippen LogP contribution in [0.5, 0.6) is 0 Å². The molecule has 2 amide bonds.